The van der Waals surface area contributed by atoms with Gasteiger partial charge in [-0.3, -0.25) is 0 Å². The highest BCUT2D eigenvalue weighted by Crippen LogP contribution is 2.19. The smallest absolute Gasteiger partial charge is 0.119 e. The van der Waals surface area contributed by atoms with E-state index in [1.165, 1.54) is 16.8 Å². The van der Waals surface area contributed by atoms with Gasteiger partial charge in [0.2, 0.25) is 0 Å². The Bertz CT molecular complexity index is 933. The number of allylic oxidation sites excluding steroid dienone is 3. The Morgan fingerprint density at radius 3 is 2.37 bits per heavy atom. The third-order valence-corrected chi connectivity index (χ3v) is 4.43. The van der Waals surface area contributed by atoms with Crippen LogP contribution in [0.25, 0.3) is 17.3 Å². The fourth-order valence-electron chi connectivity index (χ4n) is 2.73. The van der Waals surface area contributed by atoms with Gasteiger partial charge in [-0.25, -0.2) is 4.98 Å². The highest BCUT2D eigenvalue weighted by Gasteiger charge is 2.00. The molecule has 1 heterocycles. The maximum atomic E-state index is 5.20. The summed E-state index contributed by atoms with van der Waals surface area (Å²) in [5.41, 5.74) is 5.60. The molecule has 0 aliphatic heterocycles. The number of rotatable bonds is 6. The van der Waals surface area contributed by atoms with Crippen LogP contribution in [0.1, 0.15) is 18.2 Å². The number of hydrogen-bond donors (Lipinski definition) is 0. The van der Waals surface area contributed by atoms with Crippen LogP contribution in [0.3, 0.4) is 0 Å². The average molecular weight is 359 g/mol. The van der Waals surface area contributed by atoms with Crippen LogP contribution < -0.4 is 9.64 Å². The Morgan fingerprint density at radius 2 is 1.74 bits per heavy atom. The van der Waals surface area contributed by atoms with Crippen LogP contribution in [-0.4, -0.2) is 30.8 Å². The van der Waals surface area contributed by atoms with E-state index in [1.807, 2.05) is 67.6 Å². The summed E-state index contributed by atoms with van der Waals surface area (Å²) in [5, 5.41) is 0. The minimum absolute atomic E-state index is 0.846. The molecule has 1 aromatic heterocycles. The van der Waals surface area contributed by atoms with Gasteiger partial charge in [0.05, 0.1) is 19.1 Å². The van der Waals surface area contributed by atoms with Crippen LogP contribution in [0.5, 0.6) is 5.75 Å². The highest BCUT2D eigenvalue weighted by molar-refractivity contribution is 5.68. The first-order chi connectivity index (χ1) is 13.1. The molecule has 3 rings (SSSR count). The molecule has 0 aliphatic rings. The van der Waals surface area contributed by atoms with E-state index in [-0.39, 0.29) is 0 Å². The highest BCUT2D eigenvalue weighted by atomic mass is 16.5. The summed E-state index contributed by atoms with van der Waals surface area (Å²) in [6.07, 6.45) is 9.98. The summed E-state index contributed by atoms with van der Waals surface area (Å²) in [5.74, 6) is 0.846. The van der Waals surface area contributed by atoms with Crippen molar-refractivity contribution < 1.29 is 4.74 Å². The van der Waals surface area contributed by atoms with E-state index in [9.17, 15) is 0 Å². The summed E-state index contributed by atoms with van der Waals surface area (Å²) in [7, 11) is 5.76. The van der Waals surface area contributed by atoms with Crippen molar-refractivity contribution in [3.05, 3.63) is 84.5 Å². The number of anilines is 1. The fraction of sp³-hybridized carbons (Fsp3) is 0.174. The second-order valence-electron chi connectivity index (χ2n) is 6.55. The van der Waals surface area contributed by atoms with Crippen molar-refractivity contribution in [2.45, 2.75) is 6.92 Å². The van der Waals surface area contributed by atoms with Crippen molar-refractivity contribution in [3.8, 4) is 11.4 Å². The first-order valence-corrected chi connectivity index (χ1v) is 8.88. The van der Waals surface area contributed by atoms with Gasteiger partial charge in [-0.2, -0.15) is 0 Å². The lowest BCUT2D eigenvalue weighted by Crippen LogP contribution is -2.08. The number of ether oxygens (including phenoxy) is 1. The SMILES string of the molecule is COc1ccc(-n2cnc(/C=C\C=C(/C)c3ccc(N(C)C)cc3)c2)cc1. The first-order valence-electron chi connectivity index (χ1n) is 8.88. The monoisotopic (exact) mass is 359 g/mol. The molecule has 4 nitrogen and oxygen atoms in total. The van der Waals surface area contributed by atoms with Crippen molar-refractivity contribution in [1.82, 2.24) is 9.55 Å². The number of hydrogen-bond acceptors (Lipinski definition) is 3. The van der Waals surface area contributed by atoms with Gasteiger partial charge in [-0.05, 0) is 60.5 Å². The molecular formula is C23H25N3O. The zero-order valence-electron chi connectivity index (χ0n) is 16.3. The number of nitrogens with zero attached hydrogens (tertiary/aromatic N) is 3. The van der Waals surface area contributed by atoms with E-state index in [0.29, 0.717) is 0 Å². The van der Waals surface area contributed by atoms with Crippen molar-refractivity contribution in [3.63, 3.8) is 0 Å². The summed E-state index contributed by atoms with van der Waals surface area (Å²) in [6, 6.07) is 16.5. The lowest BCUT2D eigenvalue weighted by Gasteiger charge is -2.12. The third-order valence-electron chi connectivity index (χ3n) is 4.43. The minimum atomic E-state index is 0.846. The van der Waals surface area contributed by atoms with Gasteiger partial charge in [0.15, 0.2) is 0 Å². The summed E-state index contributed by atoms with van der Waals surface area (Å²) in [4.78, 5) is 6.54. The van der Waals surface area contributed by atoms with E-state index >= 15 is 0 Å². The predicted molar refractivity (Wildman–Crippen MR) is 114 cm³/mol. The molecule has 0 saturated carbocycles. The van der Waals surface area contributed by atoms with Crippen LogP contribution in [-0.2, 0) is 0 Å². The molecule has 0 bridgehead atoms. The maximum absolute atomic E-state index is 5.20. The van der Waals surface area contributed by atoms with Gasteiger partial charge >= 0.3 is 0 Å². The lowest BCUT2D eigenvalue weighted by molar-refractivity contribution is 0.415. The molecule has 3 aromatic rings. The van der Waals surface area contributed by atoms with Gasteiger partial charge in [-0.15, -0.1) is 0 Å². The fourth-order valence-corrected chi connectivity index (χ4v) is 2.73. The van der Waals surface area contributed by atoms with Gasteiger partial charge in [0.25, 0.3) is 0 Å². The largest absolute Gasteiger partial charge is 0.497 e. The first kappa shape index (κ1) is 18.5. The summed E-state index contributed by atoms with van der Waals surface area (Å²) in [6.45, 7) is 2.12. The molecule has 0 atom stereocenters. The van der Waals surface area contributed by atoms with E-state index in [2.05, 4.69) is 47.1 Å². The van der Waals surface area contributed by atoms with Crippen LogP contribution in [0.2, 0.25) is 0 Å². The predicted octanol–water partition coefficient (Wildman–Crippen LogP) is 5.06. The van der Waals surface area contributed by atoms with Gasteiger partial charge in [0.1, 0.15) is 5.75 Å². The van der Waals surface area contributed by atoms with E-state index < -0.39 is 0 Å². The van der Waals surface area contributed by atoms with Crippen LogP contribution in [0.15, 0.2) is 73.2 Å². The Balaban J connectivity index is 1.68. The second kappa shape index (κ2) is 8.41. The summed E-state index contributed by atoms with van der Waals surface area (Å²) >= 11 is 0. The molecule has 2 aromatic carbocycles. The van der Waals surface area contributed by atoms with Crippen molar-refractivity contribution >= 4 is 17.3 Å². The van der Waals surface area contributed by atoms with E-state index in [0.717, 1.165) is 17.1 Å². The van der Waals surface area contributed by atoms with E-state index in [1.54, 1.807) is 7.11 Å². The topological polar surface area (TPSA) is 30.3 Å². The molecule has 4 heteroatoms. The maximum Gasteiger partial charge on any atom is 0.119 e. The Kier molecular flexibility index (Phi) is 5.77. The molecule has 0 saturated heterocycles. The molecule has 0 aliphatic carbocycles. The van der Waals surface area contributed by atoms with E-state index in [4.69, 9.17) is 4.74 Å². The van der Waals surface area contributed by atoms with Crippen molar-refractivity contribution in [2.24, 2.45) is 0 Å². The zero-order chi connectivity index (χ0) is 19.2. The molecule has 138 valence electrons. The molecule has 0 fully saturated rings. The molecule has 27 heavy (non-hydrogen) atoms. The molecule has 0 spiro atoms. The Hall–Kier alpha value is -3.27. The summed E-state index contributed by atoms with van der Waals surface area (Å²) < 4.78 is 7.19. The number of aromatic nitrogens is 2. The van der Waals surface area contributed by atoms with Crippen LogP contribution in [0.4, 0.5) is 5.69 Å². The molecule has 0 amide bonds. The second-order valence-corrected chi connectivity index (χ2v) is 6.55. The van der Waals surface area contributed by atoms with Crippen LogP contribution in [0, 0.1) is 0 Å². The van der Waals surface area contributed by atoms with Gasteiger partial charge < -0.3 is 14.2 Å². The standard InChI is InChI=1S/C23H25N3O/c1-18(19-8-10-21(11-9-19)25(2)3)6-5-7-20-16-26(17-24-20)22-12-14-23(27-4)15-13-22/h5-17H,1-4H3/b7-5-,18-6+. The Labute approximate surface area is 161 Å². The number of methoxy groups -OCH3 is 1. The molecule has 0 radical (unpaired) electrons. The molecule has 0 N–H and O–H groups in total. The molecule has 0 unspecified atom stereocenters. The van der Waals surface area contributed by atoms with Gasteiger partial charge in [-0.1, -0.05) is 24.3 Å². The van der Waals surface area contributed by atoms with Gasteiger partial charge in [0, 0.05) is 31.7 Å². The average Bonchev–Trinajstić information content (AvgIpc) is 3.17. The lowest BCUT2D eigenvalue weighted by atomic mass is 10.1. The van der Waals surface area contributed by atoms with Crippen molar-refractivity contribution in [2.75, 3.05) is 26.1 Å². The quantitative estimate of drug-likeness (QED) is 0.576. The zero-order valence-corrected chi connectivity index (χ0v) is 16.3. The number of imidazole rings is 1. The Morgan fingerprint density at radius 1 is 1.04 bits per heavy atom. The third kappa shape index (κ3) is 4.67. The number of benzene rings is 2. The minimum Gasteiger partial charge on any atom is -0.497 e. The molecular weight excluding hydrogens is 334 g/mol. The normalized spacial score (nSPS) is 11.8. The van der Waals surface area contributed by atoms with Crippen molar-refractivity contribution in [1.29, 1.82) is 0 Å². The van der Waals surface area contributed by atoms with Crippen LogP contribution >= 0.6 is 0 Å².